The Morgan fingerprint density at radius 3 is 2.38 bits per heavy atom. The van der Waals surface area contributed by atoms with E-state index >= 15 is 0 Å². The zero-order chi connectivity index (χ0) is 23.3. The van der Waals surface area contributed by atoms with E-state index in [-0.39, 0.29) is 12.1 Å². The number of carboxylic acid groups (broad SMARTS) is 1. The second-order valence-electron chi connectivity index (χ2n) is 7.36. The van der Waals surface area contributed by atoms with Gasteiger partial charge < -0.3 is 9.84 Å². The maximum Gasteiger partial charge on any atom is 0.324 e. The summed E-state index contributed by atoms with van der Waals surface area (Å²) >= 11 is 5.99. The van der Waals surface area contributed by atoms with Gasteiger partial charge in [-0.25, -0.2) is 21.7 Å². The van der Waals surface area contributed by atoms with Gasteiger partial charge in [-0.2, -0.15) is 0 Å². The van der Waals surface area contributed by atoms with E-state index in [2.05, 4.69) is 9.97 Å². The number of nitrogens with zero attached hydrogens (tertiary/aromatic N) is 4. The molecule has 2 aromatic carbocycles. The first-order valence-corrected chi connectivity index (χ1v) is 10.3. The molecule has 10 heteroatoms. The van der Waals surface area contributed by atoms with E-state index in [0.717, 1.165) is 16.3 Å². The van der Waals surface area contributed by atoms with Crippen molar-refractivity contribution in [1.29, 1.82) is 0 Å². The Morgan fingerprint density at radius 2 is 1.78 bits per heavy atom. The highest BCUT2D eigenvalue weighted by molar-refractivity contribution is 6.30. The van der Waals surface area contributed by atoms with E-state index in [0.29, 0.717) is 28.5 Å². The SMILES string of the molecule is CC(C)Oc1ccc(N(N)c2cnc(N(N)CC(=O)O)nc2Cc2ccc(Cl)cc2)cc1. The number of rotatable bonds is 9. The quantitative estimate of drug-likeness (QED) is 0.328. The van der Waals surface area contributed by atoms with Gasteiger partial charge in [-0.3, -0.25) is 14.8 Å². The molecule has 0 unspecified atom stereocenters. The smallest absolute Gasteiger partial charge is 0.324 e. The highest BCUT2D eigenvalue weighted by Crippen LogP contribution is 2.28. The first-order chi connectivity index (χ1) is 15.2. The Labute approximate surface area is 191 Å². The minimum absolute atomic E-state index is 0.0618. The lowest BCUT2D eigenvalue weighted by atomic mass is 10.1. The van der Waals surface area contributed by atoms with Crippen molar-refractivity contribution in [3.8, 4) is 5.75 Å². The number of hydrogen-bond acceptors (Lipinski definition) is 8. The summed E-state index contributed by atoms with van der Waals surface area (Å²) in [5, 5.41) is 12.1. The highest BCUT2D eigenvalue weighted by Gasteiger charge is 2.17. The molecule has 0 atom stereocenters. The molecule has 0 saturated heterocycles. The van der Waals surface area contributed by atoms with Crippen LogP contribution >= 0.6 is 11.6 Å². The lowest BCUT2D eigenvalue weighted by Gasteiger charge is -2.23. The third-order valence-corrected chi connectivity index (χ3v) is 4.68. The molecule has 1 aromatic heterocycles. The Morgan fingerprint density at radius 1 is 1.12 bits per heavy atom. The molecule has 32 heavy (non-hydrogen) atoms. The number of aliphatic carboxylic acids is 1. The van der Waals surface area contributed by atoms with Crippen LogP contribution in [0.15, 0.2) is 54.7 Å². The first kappa shape index (κ1) is 23.3. The lowest BCUT2D eigenvalue weighted by Crippen LogP contribution is -2.38. The zero-order valence-corrected chi connectivity index (χ0v) is 18.5. The number of anilines is 3. The van der Waals surface area contributed by atoms with Gasteiger partial charge in [0.2, 0.25) is 5.95 Å². The Bertz CT molecular complexity index is 1060. The van der Waals surface area contributed by atoms with Gasteiger partial charge in [0, 0.05) is 11.4 Å². The fourth-order valence-corrected chi connectivity index (χ4v) is 3.10. The summed E-state index contributed by atoms with van der Waals surface area (Å²) in [6.45, 7) is 3.47. The van der Waals surface area contributed by atoms with Crippen LogP contribution in [0.3, 0.4) is 0 Å². The third-order valence-electron chi connectivity index (χ3n) is 4.43. The number of hydrazine groups is 2. The van der Waals surface area contributed by atoms with E-state index in [4.69, 9.17) is 33.1 Å². The summed E-state index contributed by atoms with van der Waals surface area (Å²) in [4.78, 5) is 19.7. The van der Waals surface area contributed by atoms with Crippen molar-refractivity contribution in [2.75, 3.05) is 16.6 Å². The van der Waals surface area contributed by atoms with Gasteiger partial charge >= 0.3 is 5.97 Å². The third kappa shape index (κ3) is 6.07. The van der Waals surface area contributed by atoms with Crippen LogP contribution in [0.5, 0.6) is 5.75 Å². The lowest BCUT2D eigenvalue weighted by molar-refractivity contribution is -0.135. The standard InChI is InChI=1S/C22H25ClN6O3/c1-14(2)32-18-9-7-17(8-10-18)29(25)20-12-26-22(28(24)13-21(30)31)27-19(20)11-15-3-5-16(23)6-4-15/h3-10,12,14H,11,13,24-25H2,1-2H3,(H,30,31). The number of halogens is 1. The first-order valence-electron chi connectivity index (χ1n) is 9.89. The van der Waals surface area contributed by atoms with Crippen LogP contribution < -0.4 is 26.4 Å². The fraction of sp³-hybridized carbons (Fsp3) is 0.227. The number of hydrogen-bond donors (Lipinski definition) is 3. The Kier molecular flexibility index (Phi) is 7.47. The summed E-state index contributed by atoms with van der Waals surface area (Å²) in [6, 6.07) is 14.6. The topological polar surface area (TPSA) is 131 Å². The monoisotopic (exact) mass is 456 g/mol. The van der Waals surface area contributed by atoms with Crippen LogP contribution in [0.1, 0.15) is 25.1 Å². The van der Waals surface area contributed by atoms with Crippen LogP contribution in [0.25, 0.3) is 0 Å². The molecule has 3 rings (SSSR count). The van der Waals surface area contributed by atoms with Crippen molar-refractivity contribution >= 4 is 34.9 Å². The van der Waals surface area contributed by atoms with E-state index in [1.807, 2.05) is 50.2 Å². The van der Waals surface area contributed by atoms with Gasteiger partial charge in [-0.05, 0) is 55.8 Å². The normalized spacial score (nSPS) is 10.8. The molecule has 1 heterocycles. The summed E-state index contributed by atoms with van der Waals surface area (Å²) < 4.78 is 5.68. The maximum absolute atomic E-state index is 11.0. The molecule has 0 aliphatic carbocycles. The summed E-state index contributed by atoms with van der Waals surface area (Å²) in [5.41, 5.74) is 2.76. The van der Waals surface area contributed by atoms with Gasteiger partial charge in [0.25, 0.3) is 0 Å². The van der Waals surface area contributed by atoms with Crippen LogP contribution in [-0.2, 0) is 11.2 Å². The largest absolute Gasteiger partial charge is 0.491 e. The van der Waals surface area contributed by atoms with Crippen LogP contribution in [0, 0.1) is 0 Å². The summed E-state index contributed by atoms with van der Waals surface area (Å²) in [5.74, 6) is 11.9. The van der Waals surface area contributed by atoms with Crippen molar-refractivity contribution in [2.24, 2.45) is 11.7 Å². The van der Waals surface area contributed by atoms with Gasteiger partial charge in [0.05, 0.1) is 29.4 Å². The van der Waals surface area contributed by atoms with Crippen LogP contribution in [0.2, 0.25) is 5.02 Å². The van der Waals surface area contributed by atoms with Crippen molar-refractivity contribution < 1.29 is 14.6 Å². The molecule has 0 saturated carbocycles. The molecule has 3 aromatic rings. The summed E-state index contributed by atoms with van der Waals surface area (Å²) in [6.07, 6.45) is 1.99. The molecule has 5 N–H and O–H groups in total. The van der Waals surface area contributed by atoms with E-state index in [9.17, 15) is 4.79 Å². The van der Waals surface area contributed by atoms with Gasteiger partial charge in [0.15, 0.2) is 0 Å². The van der Waals surface area contributed by atoms with Gasteiger partial charge in [0.1, 0.15) is 12.3 Å². The second-order valence-corrected chi connectivity index (χ2v) is 7.79. The average Bonchev–Trinajstić information content (AvgIpc) is 2.74. The number of aromatic nitrogens is 2. The minimum atomic E-state index is -1.09. The van der Waals surface area contributed by atoms with Crippen molar-refractivity contribution in [3.05, 3.63) is 71.0 Å². The highest BCUT2D eigenvalue weighted by atomic mass is 35.5. The molecule has 0 spiro atoms. The molecular weight excluding hydrogens is 432 g/mol. The zero-order valence-electron chi connectivity index (χ0n) is 17.8. The molecule has 0 radical (unpaired) electrons. The predicted octanol–water partition coefficient (Wildman–Crippen LogP) is 3.28. The van der Waals surface area contributed by atoms with E-state index in [1.54, 1.807) is 12.1 Å². The molecule has 168 valence electrons. The Balaban J connectivity index is 1.95. The van der Waals surface area contributed by atoms with Crippen molar-refractivity contribution in [3.63, 3.8) is 0 Å². The number of carboxylic acids is 1. The van der Waals surface area contributed by atoms with E-state index in [1.165, 1.54) is 11.2 Å². The average molecular weight is 457 g/mol. The second kappa shape index (κ2) is 10.3. The van der Waals surface area contributed by atoms with Crippen LogP contribution in [-0.4, -0.2) is 33.7 Å². The molecule has 0 aliphatic rings. The predicted molar refractivity (Wildman–Crippen MR) is 124 cm³/mol. The number of carbonyl (C=O) groups is 1. The van der Waals surface area contributed by atoms with Crippen molar-refractivity contribution in [2.45, 2.75) is 26.4 Å². The van der Waals surface area contributed by atoms with Crippen LogP contribution in [0.4, 0.5) is 17.3 Å². The molecule has 0 aliphatic heterocycles. The Hall–Kier alpha value is -3.40. The molecule has 0 amide bonds. The molecular formula is C22H25ClN6O3. The van der Waals surface area contributed by atoms with Gasteiger partial charge in [-0.15, -0.1) is 0 Å². The van der Waals surface area contributed by atoms with E-state index < -0.39 is 12.5 Å². The molecule has 0 bridgehead atoms. The number of ether oxygens (including phenoxy) is 1. The molecule has 9 nitrogen and oxygen atoms in total. The summed E-state index contributed by atoms with van der Waals surface area (Å²) in [7, 11) is 0. The minimum Gasteiger partial charge on any atom is -0.491 e. The maximum atomic E-state index is 11.0. The molecule has 0 fully saturated rings. The number of benzene rings is 2. The number of nitrogens with two attached hydrogens (primary N) is 2. The fourth-order valence-electron chi connectivity index (χ4n) is 2.98. The van der Waals surface area contributed by atoms with Gasteiger partial charge in [-0.1, -0.05) is 23.7 Å². The van der Waals surface area contributed by atoms with Crippen molar-refractivity contribution in [1.82, 2.24) is 9.97 Å².